The van der Waals surface area contributed by atoms with Gasteiger partial charge in [0.05, 0.1) is 19.1 Å². The van der Waals surface area contributed by atoms with E-state index in [-0.39, 0.29) is 10.6 Å². The van der Waals surface area contributed by atoms with E-state index in [0.29, 0.717) is 30.2 Å². The molecule has 2 rings (SSSR count). The number of methoxy groups -OCH3 is 2. The first kappa shape index (κ1) is 17.7. The molecule has 0 bridgehead atoms. The molecule has 0 aliphatic heterocycles. The minimum absolute atomic E-state index is 0.156. The largest absolute Gasteiger partial charge is 0.493 e. The van der Waals surface area contributed by atoms with Crippen LogP contribution in [0.3, 0.4) is 0 Å². The summed E-state index contributed by atoms with van der Waals surface area (Å²) >= 11 is 0. The van der Waals surface area contributed by atoms with Gasteiger partial charge in [0, 0.05) is 24.7 Å². The number of ether oxygens (including phenoxy) is 2. The monoisotopic (exact) mass is 330 g/mol. The van der Waals surface area contributed by atoms with E-state index >= 15 is 0 Å². The molecular formula is C18H22N2O4. The van der Waals surface area contributed by atoms with Crippen LogP contribution < -0.4 is 9.47 Å². The highest BCUT2D eigenvalue weighted by molar-refractivity contribution is 5.43. The van der Waals surface area contributed by atoms with Gasteiger partial charge in [-0.3, -0.25) is 15.0 Å². The summed E-state index contributed by atoms with van der Waals surface area (Å²) in [5.41, 5.74) is 1.93. The third-order valence-corrected chi connectivity index (χ3v) is 3.88. The van der Waals surface area contributed by atoms with Crippen molar-refractivity contribution in [2.45, 2.75) is 20.0 Å². The Bertz CT molecular complexity index is 703. The van der Waals surface area contributed by atoms with E-state index in [1.165, 1.54) is 0 Å². The van der Waals surface area contributed by atoms with Crippen molar-refractivity contribution < 1.29 is 14.4 Å². The standard InChI is InChI=1S/C18H22N2O4/c1-4-19(13-15-7-5-6-8-16(15)20(21)22)12-14-9-10-17(23-2)18(11-14)24-3/h5-11H,4,12-13H2,1-3H3. The van der Waals surface area contributed by atoms with Crippen LogP contribution in [0.2, 0.25) is 0 Å². The number of para-hydroxylation sites is 1. The van der Waals surface area contributed by atoms with Gasteiger partial charge in [-0.25, -0.2) is 0 Å². The summed E-state index contributed by atoms with van der Waals surface area (Å²) in [5, 5.41) is 11.2. The number of nitrogens with zero attached hydrogens (tertiary/aromatic N) is 2. The summed E-state index contributed by atoms with van der Waals surface area (Å²) in [5.74, 6) is 1.36. The number of benzene rings is 2. The van der Waals surface area contributed by atoms with Crippen LogP contribution in [-0.2, 0) is 13.1 Å². The van der Waals surface area contributed by atoms with Crippen molar-refractivity contribution in [1.82, 2.24) is 4.90 Å². The zero-order valence-electron chi connectivity index (χ0n) is 14.2. The van der Waals surface area contributed by atoms with Crippen LogP contribution in [0.25, 0.3) is 0 Å². The molecule has 24 heavy (non-hydrogen) atoms. The first-order chi connectivity index (χ1) is 11.6. The molecule has 0 unspecified atom stereocenters. The molecule has 0 amide bonds. The van der Waals surface area contributed by atoms with Gasteiger partial charge in [0.2, 0.25) is 0 Å². The number of rotatable bonds is 8. The van der Waals surface area contributed by atoms with Gasteiger partial charge in [-0.2, -0.15) is 0 Å². The molecule has 0 aliphatic rings. The van der Waals surface area contributed by atoms with Gasteiger partial charge in [-0.05, 0) is 24.2 Å². The predicted octanol–water partition coefficient (Wildman–Crippen LogP) is 3.63. The lowest BCUT2D eigenvalue weighted by molar-refractivity contribution is -0.385. The van der Waals surface area contributed by atoms with E-state index in [1.807, 2.05) is 31.2 Å². The van der Waals surface area contributed by atoms with Gasteiger partial charge >= 0.3 is 0 Å². The van der Waals surface area contributed by atoms with E-state index in [0.717, 1.165) is 12.1 Å². The van der Waals surface area contributed by atoms with Crippen molar-refractivity contribution in [2.75, 3.05) is 20.8 Å². The smallest absolute Gasteiger partial charge is 0.273 e. The van der Waals surface area contributed by atoms with Gasteiger partial charge in [-0.1, -0.05) is 31.2 Å². The molecule has 0 N–H and O–H groups in total. The first-order valence-electron chi connectivity index (χ1n) is 7.74. The molecule has 0 fully saturated rings. The molecule has 6 heteroatoms. The summed E-state index contributed by atoms with van der Waals surface area (Å²) in [7, 11) is 3.21. The van der Waals surface area contributed by atoms with E-state index in [1.54, 1.807) is 32.4 Å². The maximum atomic E-state index is 11.2. The molecule has 0 atom stereocenters. The molecule has 128 valence electrons. The van der Waals surface area contributed by atoms with E-state index < -0.39 is 0 Å². The third kappa shape index (κ3) is 4.23. The van der Waals surface area contributed by atoms with Crippen LogP contribution in [0.5, 0.6) is 11.5 Å². The highest BCUT2D eigenvalue weighted by atomic mass is 16.6. The summed E-state index contributed by atoms with van der Waals surface area (Å²) in [4.78, 5) is 13.0. The van der Waals surface area contributed by atoms with Crippen LogP contribution in [0, 0.1) is 10.1 Å². The van der Waals surface area contributed by atoms with Crippen LogP contribution in [0.1, 0.15) is 18.1 Å². The van der Waals surface area contributed by atoms with Crippen molar-refractivity contribution in [3.05, 3.63) is 63.7 Å². The van der Waals surface area contributed by atoms with Crippen LogP contribution >= 0.6 is 0 Å². The Morgan fingerprint density at radius 1 is 1.04 bits per heavy atom. The van der Waals surface area contributed by atoms with E-state index in [4.69, 9.17) is 9.47 Å². The Kier molecular flexibility index (Phi) is 6.14. The Labute approximate surface area is 141 Å². The van der Waals surface area contributed by atoms with E-state index in [2.05, 4.69) is 4.90 Å². The quantitative estimate of drug-likeness (QED) is 0.546. The average molecular weight is 330 g/mol. The van der Waals surface area contributed by atoms with Crippen LogP contribution in [0.4, 0.5) is 5.69 Å². The molecule has 6 nitrogen and oxygen atoms in total. The number of hydrogen-bond donors (Lipinski definition) is 0. The molecule has 0 saturated carbocycles. The summed E-state index contributed by atoms with van der Waals surface area (Å²) in [6, 6.07) is 12.6. The first-order valence-corrected chi connectivity index (χ1v) is 7.74. The molecular weight excluding hydrogens is 308 g/mol. The SMILES string of the molecule is CCN(Cc1ccc(OC)c(OC)c1)Cc1ccccc1[N+](=O)[O-]. The molecule has 0 heterocycles. The Morgan fingerprint density at radius 2 is 1.75 bits per heavy atom. The van der Waals surface area contributed by atoms with Gasteiger partial charge < -0.3 is 9.47 Å². The third-order valence-electron chi connectivity index (χ3n) is 3.88. The highest BCUT2D eigenvalue weighted by Gasteiger charge is 2.15. The summed E-state index contributed by atoms with van der Waals surface area (Å²) in [6.07, 6.45) is 0. The minimum atomic E-state index is -0.334. The number of nitro benzene ring substituents is 1. The fourth-order valence-corrected chi connectivity index (χ4v) is 2.58. The zero-order chi connectivity index (χ0) is 17.5. The van der Waals surface area contributed by atoms with Crippen LogP contribution in [0.15, 0.2) is 42.5 Å². The zero-order valence-corrected chi connectivity index (χ0v) is 14.2. The van der Waals surface area contributed by atoms with Crippen molar-refractivity contribution in [3.8, 4) is 11.5 Å². The maximum absolute atomic E-state index is 11.2. The Balaban J connectivity index is 2.17. The lowest BCUT2D eigenvalue weighted by Gasteiger charge is -2.21. The van der Waals surface area contributed by atoms with E-state index in [9.17, 15) is 10.1 Å². The molecule has 2 aromatic rings. The van der Waals surface area contributed by atoms with Crippen molar-refractivity contribution in [3.63, 3.8) is 0 Å². The topological polar surface area (TPSA) is 64.8 Å². The van der Waals surface area contributed by atoms with Gasteiger partial charge in [-0.15, -0.1) is 0 Å². The summed E-state index contributed by atoms with van der Waals surface area (Å²) < 4.78 is 10.6. The van der Waals surface area contributed by atoms with Crippen molar-refractivity contribution >= 4 is 5.69 Å². The molecule has 0 radical (unpaired) electrons. The second kappa shape index (κ2) is 8.31. The number of nitro groups is 1. The normalized spacial score (nSPS) is 10.7. The predicted molar refractivity (Wildman–Crippen MR) is 92.4 cm³/mol. The Morgan fingerprint density at radius 3 is 2.38 bits per heavy atom. The van der Waals surface area contributed by atoms with Crippen molar-refractivity contribution in [2.24, 2.45) is 0 Å². The summed E-state index contributed by atoms with van der Waals surface area (Å²) in [6.45, 7) is 4.00. The fourth-order valence-electron chi connectivity index (χ4n) is 2.58. The van der Waals surface area contributed by atoms with Gasteiger partial charge in [0.15, 0.2) is 11.5 Å². The highest BCUT2D eigenvalue weighted by Crippen LogP contribution is 2.28. The minimum Gasteiger partial charge on any atom is -0.493 e. The average Bonchev–Trinajstić information content (AvgIpc) is 2.61. The van der Waals surface area contributed by atoms with Crippen LogP contribution in [-0.4, -0.2) is 30.6 Å². The maximum Gasteiger partial charge on any atom is 0.273 e. The molecule has 2 aromatic carbocycles. The van der Waals surface area contributed by atoms with Crippen molar-refractivity contribution in [1.29, 1.82) is 0 Å². The molecule has 0 saturated heterocycles. The second-order valence-corrected chi connectivity index (χ2v) is 5.38. The second-order valence-electron chi connectivity index (χ2n) is 5.38. The number of hydrogen-bond acceptors (Lipinski definition) is 5. The lowest BCUT2D eigenvalue weighted by atomic mass is 10.1. The molecule has 0 aromatic heterocycles. The molecule has 0 spiro atoms. The molecule has 0 aliphatic carbocycles. The van der Waals surface area contributed by atoms with Gasteiger partial charge in [0.25, 0.3) is 5.69 Å². The lowest BCUT2D eigenvalue weighted by Crippen LogP contribution is -2.22. The Hall–Kier alpha value is -2.60. The fraction of sp³-hybridized carbons (Fsp3) is 0.333. The van der Waals surface area contributed by atoms with Gasteiger partial charge in [0.1, 0.15) is 0 Å².